The quantitative estimate of drug-likeness (QED) is 0.0195. The smallest absolute Gasteiger partial charge is 0.306 e. The fourth-order valence-corrected chi connectivity index (χ4v) is 10.4. The number of quaternary nitrogens is 1. The van der Waals surface area contributed by atoms with Crippen LogP contribution in [0.25, 0.3) is 0 Å². The Labute approximate surface area is 567 Å². The molecular weight excluding hydrogens is 1140 g/mol. The summed E-state index contributed by atoms with van der Waals surface area (Å²) in [5, 5.41) is 11.8. The number of allylic oxidation sites excluding steroid dienone is 22. The van der Waals surface area contributed by atoms with Crippen LogP contribution < -0.4 is 5.11 Å². The second-order valence-corrected chi connectivity index (χ2v) is 26.2. The van der Waals surface area contributed by atoms with Crippen LogP contribution in [0.1, 0.15) is 316 Å². The molecule has 0 aromatic carbocycles. The third kappa shape index (κ3) is 72.8. The Hall–Kier alpha value is -4.57. The highest BCUT2D eigenvalue weighted by Gasteiger charge is 2.22. The molecule has 9 nitrogen and oxygen atoms in total. The first-order chi connectivity index (χ1) is 45.1. The van der Waals surface area contributed by atoms with Gasteiger partial charge in [0.2, 0.25) is 0 Å². The van der Waals surface area contributed by atoms with Crippen molar-refractivity contribution in [3.8, 4) is 0 Å². The third-order valence-electron chi connectivity index (χ3n) is 16.2. The molecule has 0 saturated carbocycles. The zero-order chi connectivity index (χ0) is 66.8. The number of esters is 2. The maximum absolute atomic E-state index is 12.9. The number of carboxylic acids is 1. The van der Waals surface area contributed by atoms with Gasteiger partial charge in [-0.2, -0.15) is 0 Å². The number of carbonyl (C=O) groups is 3. The van der Waals surface area contributed by atoms with Gasteiger partial charge < -0.3 is 33.3 Å². The van der Waals surface area contributed by atoms with Crippen LogP contribution in [0.2, 0.25) is 0 Å². The number of hydrogen-bond donors (Lipinski definition) is 0. The normalized spacial score (nSPS) is 13.4. The topological polar surface area (TPSA) is 111 Å². The van der Waals surface area contributed by atoms with E-state index in [1.54, 1.807) is 0 Å². The van der Waals surface area contributed by atoms with Gasteiger partial charge in [0.05, 0.1) is 40.3 Å². The highest BCUT2D eigenvalue weighted by atomic mass is 16.7. The second kappa shape index (κ2) is 72.3. The van der Waals surface area contributed by atoms with Gasteiger partial charge in [0.25, 0.3) is 0 Å². The summed E-state index contributed by atoms with van der Waals surface area (Å²) in [5.74, 6) is -2.33. The molecule has 0 aromatic heterocycles. The largest absolute Gasteiger partial charge is 0.545 e. The van der Waals surface area contributed by atoms with E-state index in [1.165, 1.54) is 173 Å². The molecule has 0 aromatic rings. The standard InChI is InChI=1S/C83H141NO8/c1-6-8-10-12-14-16-18-20-22-24-26-28-30-32-34-36-38-39-40-41-42-43-44-46-48-50-52-54-56-58-60-62-64-66-68-70-72-74-81(86)92-79(78-91-83(82(87)88)89-76-75-84(3,4)5)77-90-80(85)73-71-69-67-65-63-61-59-57-55-53-51-49-47-45-37-35-33-31-29-27-25-23-21-19-17-15-13-11-9-7-2/h8,10,14,16,20,22,26,28,32,34,38-39,41-42,44,46,50,52,56,58,62,64,79,83H,6-7,9,11-13,15,17-19,21,23-25,27,29-31,33,35-37,40,43,45,47-49,51,53-55,57,59-61,63,65-78H2,1-5H3/b10-8-,16-14-,22-20-,28-26-,34-32-,39-38-,42-41-,46-44-,52-50-,58-56-,64-62-. The van der Waals surface area contributed by atoms with Crippen LogP contribution >= 0.6 is 0 Å². The van der Waals surface area contributed by atoms with Crippen LogP contribution in [-0.2, 0) is 33.3 Å². The van der Waals surface area contributed by atoms with Crippen molar-refractivity contribution in [1.29, 1.82) is 0 Å². The molecule has 2 atom stereocenters. The van der Waals surface area contributed by atoms with Gasteiger partial charge in [0, 0.05) is 12.8 Å². The maximum Gasteiger partial charge on any atom is 0.306 e. The minimum absolute atomic E-state index is 0.136. The molecule has 9 heteroatoms. The summed E-state index contributed by atoms with van der Waals surface area (Å²) >= 11 is 0. The molecular formula is C83H141NO8. The van der Waals surface area contributed by atoms with Gasteiger partial charge in [-0.25, -0.2) is 0 Å². The van der Waals surface area contributed by atoms with Gasteiger partial charge in [-0.3, -0.25) is 9.59 Å². The zero-order valence-electron chi connectivity index (χ0n) is 60.1. The van der Waals surface area contributed by atoms with Crippen molar-refractivity contribution in [3.63, 3.8) is 0 Å². The maximum atomic E-state index is 12.9. The van der Waals surface area contributed by atoms with E-state index in [1.807, 2.05) is 21.1 Å². The minimum Gasteiger partial charge on any atom is -0.545 e. The average Bonchev–Trinajstić information content (AvgIpc) is 3.75. The molecule has 0 N–H and O–H groups in total. The molecule has 0 rings (SSSR count). The van der Waals surface area contributed by atoms with Gasteiger partial charge in [-0.05, 0) is 96.3 Å². The molecule has 0 radical (unpaired) electrons. The molecule has 92 heavy (non-hydrogen) atoms. The summed E-state index contributed by atoms with van der Waals surface area (Å²) in [6, 6.07) is 0. The summed E-state index contributed by atoms with van der Waals surface area (Å²) in [5.41, 5.74) is 0. The lowest BCUT2D eigenvalue weighted by Crippen LogP contribution is -2.44. The van der Waals surface area contributed by atoms with Crippen LogP contribution in [0, 0.1) is 0 Å². The molecule has 0 aliphatic rings. The lowest BCUT2D eigenvalue weighted by Gasteiger charge is -2.26. The Morgan fingerprint density at radius 2 is 0.620 bits per heavy atom. The van der Waals surface area contributed by atoms with E-state index in [-0.39, 0.29) is 38.6 Å². The number of ether oxygens (including phenoxy) is 4. The van der Waals surface area contributed by atoms with Crippen molar-refractivity contribution in [1.82, 2.24) is 0 Å². The SMILES string of the molecule is CC/C=C\C/C=C\C/C=C\C/C=C\C/C=C\C/C=C\C/C=C\C/C=C\C/C=C\C/C=C\C/C=C\CCCCCC(=O)OC(COC(=O)CCCCCCCCCCCCCCCCCCCCCCCCCCCCCCCC)COC(OCC[N+](C)(C)C)C(=O)[O-]. The van der Waals surface area contributed by atoms with Crippen molar-refractivity contribution in [2.45, 2.75) is 328 Å². The highest BCUT2D eigenvalue weighted by Crippen LogP contribution is 2.18. The van der Waals surface area contributed by atoms with Crippen LogP contribution in [0.3, 0.4) is 0 Å². The van der Waals surface area contributed by atoms with Crippen molar-refractivity contribution >= 4 is 17.9 Å². The van der Waals surface area contributed by atoms with E-state index in [0.29, 0.717) is 17.4 Å². The Balaban J connectivity index is 4.18. The van der Waals surface area contributed by atoms with Crippen molar-refractivity contribution in [2.24, 2.45) is 0 Å². The Morgan fingerprint density at radius 1 is 0.337 bits per heavy atom. The van der Waals surface area contributed by atoms with Gasteiger partial charge in [-0.1, -0.05) is 340 Å². The molecule has 0 aliphatic heterocycles. The lowest BCUT2D eigenvalue weighted by atomic mass is 10.0. The summed E-state index contributed by atoms with van der Waals surface area (Å²) in [4.78, 5) is 37.5. The number of rotatable bonds is 69. The number of hydrogen-bond acceptors (Lipinski definition) is 8. The molecule has 0 fully saturated rings. The summed E-state index contributed by atoms with van der Waals surface area (Å²) < 4.78 is 22.8. The summed E-state index contributed by atoms with van der Waals surface area (Å²) in [6.45, 7) is 4.62. The van der Waals surface area contributed by atoms with Crippen LogP contribution in [0.4, 0.5) is 0 Å². The predicted molar refractivity (Wildman–Crippen MR) is 393 cm³/mol. The van der Waals surface area contributed by atoms with Crippen molar-refractivity contribution < 1.29 is 42.9 Å². The average molecular weight is 1280 g/mol. The third-order valence-corrected chi connectivity index (χ3v) is 16.2. The first-order valence-corrected chi connectivity index (χ1v) is 37.8. The molecule has 2 unspecified atom stereocenters. The molecule has 0 spiro atoms. The Bertz CT molecular complexity index is 1980. The summed E-state index contributed by atoms with van der Waals surface area (Å²) in [6.07, 6.45) is 101. The fraction of sp³-hybridized carbons (Fsp3) is 0.699. The zero-order valence-corrected chi connectivity index (χ0v) is 60.1. The predicted octanol–water partition coefficient (Wildman–Crippen LogP) is 22.7. The summed E-state index contributed by atoms with van der Waals surface area (Å²) in [7, 11) is 5.92. The molecule has 0 heterocycles. The minimum atomic E-state index is -1.64. The van der Waals surface area contributed by atoms with Crippen molar-refractivity contribution in [2.75, 3.05) is 47.5 Å². The van der Waals surface area contributed by atoms with E-state index < -0.39 is 24.3 Å². The fourth-order valence-electron chi connectivity index (χ4n) is 10.4. The van der Waals surface area contributed by atoms with Crippen molar-refractivity contribution in [3.05, 3.63) is 134 Å². The van der Waals surface area contributed by atoms with Gasteiger partial charge in [0.1, 0.15) is 13.2 Å². The van der Waals surface area contributed by atoms with E-state index in [2.05, 4.69) is 148 Å². The van der Waals surface area contributed by atoms with Crippen LogP contribution in [0.15, 0.2) is 134 Å². The first kappa shape index (κ1) is 87.4. The highest BCUT2D eigenvalue weighted by molar-refractivity contribution is 5.70. The molecule has 0 amide bonds. The van der Waals surface area contributed by atoms with Gasteiger partial charge >= 0.3 is 11.9 Å². The second-order valence-electron chi connectivity index (χ2n) is 26.2. The van der Waals surface area contributed by atoms with Gasteiger partial charge in [-0.15, -0.1) is 0 Å². The van der Waals surface area contributed by atoms with Crippen LogP contribution in [0.5, 0.6) is 0 Å². The number of carboxylic acid groups (broad SMARTS) is 1. The monoisotopic (exact) mass is 1280 g/mol. The molecule has 0 bridgehead atoms. The van der Waals surface area contributed by atoms with E-state index >= 15 is 0 Å². The first-order valence-electron chi connectivity index (χ1n) is 37.8. The number of aliphatic carboxylic acids is 1. The number of nitrogens with zero attached hydrogens (tertiary/aromatic N) is 1. The van der Waals surface area contributed by atoms with Gasteiger partial charge in [0.15, 0.2) is 12.4 Å². The lowest BCUT2D eigenvalue weighted by molar-refractivity contribution is -0.870. The van der Waals surface area contributed by atoms with E-state index in [0.717, 1.165) is 109 Å². The Morgan fingerprint density at radius 3 is 0.924 bits per heavy atom. The molecule has 526 valence electrons. The van der Waals surface area contributed by atoms with E-state index in [4.69, 9.17) is 18.9 Å². The Kier molecular flexibility index (Phi) is 68.7. The van der Waals surface area contributed by atoms with Crippen LogP contribution in [-0.4, -0.2) is 82.3 Å². The molecule has 0 aliphatic carbocycles. The number of likely N-dealkylation sites (N-methyl/N-ethyl adjacent to an activating group) is 1. The molecule has 0 saturated heterocycles. The number of unbranched alkanes of at least 4 members (excludes halogenated alkanes) is 32. The number of carbonyl (C=O) groups excluding carboxylic acids is 3. The van der Waals surface area contributed by atoms with E-state index in [9.17, 15) is 19.5 Å².